The van der Waals surface area contributed by atoms with Gasteiger partial charge < -0.3 is 58.0 Å². The maximum Gasteiger partial charge on any atom is 0.337 e. The molecular formula is C52H72O21. The zero-order valence-electron chi connectivity index (χ0n) is 43.7. The number of allylic oxidation sites excluding steroid dienone is 2. The highest BCUT2D eigenvalue weighted by Gasteiger charge is 2.71. The highest BCUT2D eigenvalue weighted by Crippen LogP contribution is 2.75. The predicted molar refractivity (Wildman–Crippen MR) is 247 cm³/mol. The molecule has 0 radical (unpaired) electrons. The van der Waals surface area contributed by atoms with Gasteiger partial charge >= 0.3 is 47.8 Å². The Morgan fingerprint density at radius 2 is 1.03 bits per heavy atom. The summed E-state index contributed by atoms with van der Waals surface area (Å²) in [5.74, 6) is -10.0. The first kappa shape index (κ1) is 55.8. The third-order valence-corrected chi connectivity index (χ3v) is 18.6. The van der Waals surface area contributed by atoms with E-state index < -0.39 is 148 Å². The summed E-state index contributed by atoms with van der Waals surface area (Å²) >= 11 is 0. The molecule has 0 bridgehead atoms. The van der Waals surface area contributed by atoms with E-state index in [4.69, 9.17) is 42.6 Å². The Hall–Kier alpha value is -4.99. The number of carboxylic acids is 3. The van der Waals surface area contributed by atoms with Gasteiger partial charge in [-0.3, -0.25) is 33.6 Å². The van der Waals surface area contributed by atoms with Crippen LogP contribution in [0.25, 0.3) is 0 Å². The summed E-state index contributed by atoms with van der Waals surface area (Å²) in [6.45, 7) is 19.5. The van der Waals surface area contributed by atoms with Crippen LogP contribution in [0.15, 0.2) is 11.6 Å². The second-order valence-corrected chi connectivity index (χ2v) is 23.5. The Balaban J connectivity index is 1.27. The van der Waals surface area contributed by atoms with E-state index in [-0.39, 0.29) is 29.5 Å². The number of ketones is 1. The van der Waals surface area contributed by atoms with Crippen LogP contribution in [0.5, 0.6) is 0 Å². The second kappa shape index (κ2) is 19.6. The standard InChI is InChI=1S/C52H72O21/c1-23(53)65-33-35(67-25(3)55)39(69-27(5)57)45(72-38(33)43(61)62)73-40-36(68-26(4)56)34(66-24(2)54)37(42(59)60)71-44(40)70-32-14-15-50(10)31(47(32,6)7)13-16-52(12)41(50)30(58)21-28-29-22-49(9,46(63)64)18-17-48(29,8)19-20-51(28,52)11/h21,29,31-41,44-45H,13-20,22H2,1-12H3,(H,59,60)(H,61,62)(H,63,64)/t29?,31?,32?,33?,34?,35?,36?,37?,38?,39?,40?,41?,44?,45?,48-,49+,50+,51-,52-/m1/s1. The van der Waals surface area contributed by atoms with Crippen molar-refractivity contribution in [1.82, 2.24) is 0 Å². The van der Waals surface area contributed by atoms with Crippen molar-refractivity contribution in [3.8, 4) is 0 Å². The lowest BCUT2D eigenvalue weighted by Gasteiger charge is -2.70. The summed E-state index contributed by atoms with van der Waals surface area (Å²) in [5, 5.41) is 31.3. The number of hydrogen-bond donors (Lipinski definition) is 3. The molecule has 0 aromatic rings. The molecular weight excluding hydrogens is 961 g/mol. The number of rotatable bonds is 12. The SMILES string of the molecule is CC(=O)OC1C(OC2C(OC3CC[C@@]4(C)C(CC[C@]5(C)C4C(=O)C=C4C6C[C@@](C)(C(=O)O)CC[C@]6(C)CC[C@]45C)C3(C)C)OC(C(=O)O)C(OC(C)=O)C2OC(C)=O)OC(C(=O)O)C(OC(C)=O)C1OC(C)=O. The maximum absolute atomic E-state index is 15.1. The van der Waals surface area contributed by atoms with Gasteiger partial charge in [0.15, 0.2) is 60.9 Å². The van der Waals surface area contributed by atoms with E-state index in [1.165, 1.54) is 0 Å². The van der Waals surface area contributed by atoms with Crippen molar-refractivity contribution in [2.75, 3.05) is 0 Å². The fourth-order valence-corrected chi connectivity index (χ4v) is 14.9. The van der Waals surface area contributed by atoms with Crippen molar-refractivity contribution in [1.29, 1.82) is 0 Å². The molecule has 7 aliphatic rings. The Kier molecular flexibility index (Phi) is 15.0. The minimum Gasteiger partial charge on any atom is -0.481 e. The first-order valence-corrected chi connectivity index (χ1v) is 25.2. The van der Waals surface area contributed by atoms with Gasteiger partial charge in [-0.25, -0.2) is 9.59 Å². The fraction of sp³-hybridized carbons (Fsp3) is 0.788. The number of ether oxygens (including phenoxy) is 9. The second-order valence-electron chi connectivity index (χ2n) is 23.5. The van der Waals surface area contributed by atoms with E-state index in [1.807, 2.05) is 26.8 Å². The van der Waals surface area contributed by atoms with Crippen LogP contribution in [0.2, 0.25) is 0 Å². The van der Waals surface area contributed by atoms with Gasteiger partial charge in [-0.2, -0.15) is 0 Å². The van der Waals surface area contributed by atoms with Gasteiger partial charge in [-0.15, -0.1) is 0 Å². The van der Waals surface area contributed by atoms with Crippen molar-refractivity contribution < 1.29 is 101 Å². The van der Waals surface area contributed by atoms with Gasteiger partial charge in [0.05, 0.1) is 11.5 Å². The number of fused-ring (bicyclic) bond motifs is 7. The maximum atomic E-state index is 15.1. The molecule has 3 N–H and O–H groups in total. The Morgan fingerprint density at radius 3 is 1.52 bits per heavy atom. The van der Waals surface area contributed by atoms with E-state index in [9.17, 15) is 53.7 Å². The molecule has 4 saturated carbocycles. The monoisotopic (exact) mass is 1030 g/mol. The largest absolute Gasteiger partial charge is 0.481 e. The van der Waals surface area contributed by atoms with E-state index in [2.05, 4.69) is 27.7 Å². The van der Waals surface area contributed by atoms with Crippen molar-refractivity contribution in [3.05, 3.63) is 11.6 Å². The van der Waals surface area contributed by atoms with Crippen molar-refractivity contribution in [2.24, 2.45) is 50.2 Å². The highest BCUT2D eigenvalue weighted by atomic mass is 16.8. The lowest BCUT2D eigenvalue weighted by atomic mass is 9.33. The number of carbonyl (C=O) groups is 9. The molecule has 14 unspecified atom stereocenters. The zero-order valence-corrected chi connectivity index (χ0v) is 43.7. The average molecular weight is 1030 g/mol. The topological polar surface area (TPSA) is 297 Å². The van der Waals surface area contributed by atoms with Crippen molar-refractivity contribution >= 4 is 53.5 Å². The minimum absolute atomic E-state index is 0.00999. The van der Waals surface area contributed by atoms with Gasteiger partial charge in [-0.05, 0) is 110 Å². The van der Waals surface area contributed by atoms with Gasteiger partial charge in [0, 0.05) is 40.5 Å². The molecule has 2 aliphatic heterocycles. The average Bonchev–Trinajstić information content (AvgIpc) is 3.25. The molecule has 73 heavy (non-hydrogen) atoms. The van der Waals surface area contributed by atoms with Crippen LogP contribution < -0.4 is 0 Å². The van der Waals surface area contributed by atoms with Gasteiger partial charge in [0.1, 0.15) is 0 Å². The number of esters is 5. The quantitative estimate of drug-likeness (QED) is 0.130. The van der Waals surface area contributed by atoms with Gasteiger partial charge in [0.2, 0.25) is 6.29 Å². The van der Waals surface area contributed by atoms with Gasteiger partial charge in [0.25, 0.3) is 0 Å². The number of carbonyl (C=O) groups excluding carboxylic acids is 6. The van der Waals surface area contributed by atoms with Crippen LogP contribution in [0.3, 0.4) is 0 Å². The smallest absolute Gasteiger partial charge is 0.337 e. The minimum atomic E-state index is -2.16. The summed E-state index contributed by atoms with van der Waals surface area (Å²) in [6.07, 6.45) is -13.1. The van der Waals surface area contributed by atoms with Crippen LogP contribution in [0.1, 0.15) is 141 Å². The number of hydrogen-bond acceptors (Lipinski definition) is 18. The van der Waals surface area contributed by atoms with Crippen LogP contribution in [-0.4, -0.2) is 136 Å². The molecule has 2 heterocycles. The first-order valence-electron chi connectivity index (χ1n) is 25.2. The molecule has 0 spiro atoms. The van der Waals surface area contributed by atoms with Crippen LogP contribution >= 0.6 is 0 Å². The number of carboxylic acid groups (broad SMARTS) is 3. The molecule has 5 aliphatic carbocycles. The lowest BCUT2D eigenvalue weighted by molar-refractivity contribution is -0.372. The van der Waals surface area contributed by atoms with Crippen molar-refractivity contribution in [3.63, 3.8) is 0 Å². The van der Waals surface area contributed by atoms with E-state index >= 15 is 4.79 Å². The molecule has 406 valence electrons. The lowest BCUT2D eigenvalue weighted by Crippen LogP contribution is -2.69. The summed E-state index contributed by atoms with van der Waals surface area (Å²) in [7, 11) is 0. The Morgan fingerprint density at radius 1 is 0.562 bits per heavy atom. The predicted octanol–water partition coefficient (Wildman–Crippen LogP) is 5.10. The third kappa shape index (κ3) is 9.68. The summed E-state index contributed by atoms with van der Waals surface area (Å²) in [6, 6.07) is 0. The van der Waals surface area contributed by atoms with Crippen molar-refractivity contribution in [2.45, 2.75) is 208 Å². The number of aliphatic carboxylic acids is 3. The highest BCUT2D eigenvalue weighted by molar-refractivity contribution is 5.96. The van der Waals surface area contributed by atoms with E-state index in [0.717, 1.165) is 59.5 Å². The third-order valence-electron chi connectivity index (χ3n) is 18.6. The summed E-state index contributed by atoms with van der Waals surface area (Å²) < 4.78 is 52.7. The molecule has 0 aromatic heterocycles. The summed E-state index contributed by atoms with van der Waals surface area (Å²) in [5.41, 5.74) is -2.36. The zero-order chi connectivity index (χ0) is 54.3. The van der Waals surface area contributed by atoms with Crippen LogP contribution in [0.4, 0.5) is 0 Å². The van der Waals surface area contributed by atoms with Gasteiger partial charge in [-0.1, -0.05) is 47.1 Å². The molecule has 19 atom stereocenters. The molecule has 7 rings (SSSR count). The van der Waals surface area contributed by atoms with Crippen LogP contribution in [0, 0.1) is 50.2 Å². The first-order chi connectivity index (χ1) is 33.7. The molecule has 2 saturated heterocycles. The molecule has 21 heteroatoms. The molecule has 0 amide bonds. The fourth-order valence-electron chi connectivity index (χ4n) is 14.9. The summed E-state index contributed by atoms with van der Waals surface area (Å²) in [4.78, 5) is 117. The van der Waals surface area contributed by atoms with E-state index in [0.29, 0.717) is 32.1 Å². The van der Waals surface area contributed by atoms with Crippen LogP contribution in [-0.2, 0) is 85.8 Å². The van der Waals surface area contributed by atoms with E-state index in [1.54, 1.807) is 0 Å². The molecule has 0 aromatic carbocycles. The normalized spacial score (nSPS) is 43.7. The Labute approximate surface area is 423 Å². The molecule has 6 fully saturated rings. The molecule has 21 nitrogen and oxygen atoms in total. The Bertz CT molecular complexity index is 2330.